The lowest BCUT2D eigenvalue weighted by Crippen LogP contribution is -2.10. The quantitative estimate of drug-likeness (QED) is 0.909. The Labute approximate surface area is 112 Å². The summed E-state index contributed by atoms with van der Waals surface area (Å²) in [5.41, 5.74) is 1.86. The van der Waals surface area contributed by atoms with E-state index < -0.39 is 6.10 Å². The molecule has 0 aromatic heterocycles. The Hall–Kier alpha value is -1.51. The predicted octanol–water partition coefficient (Wildman–Crippen LogP) is 3.76. The average Bonchev–Trinajstić information content (AvgIpc) is 2.38. The zero-order chi connectivity index (χ0) is 13.0. The molecular weight excluding hydrogens is 248 g/mol. The first kappa shape index (κ1) is 12.9. The number of halogens is 1. The van der Waals surface area contributed by atoms with Gasteiger partial charge in [-0.05, 0) is 36.2 Å². The van der Waals surface area contributed by atoms with Crippen molar-refractivity contribution in [1.82, 2.24) is 0 Å². The highest BCUT2D eigenvalue weighted by atomic mass is 35.5. The second-order valence-electron chi connectivity index (χ2n) is 4.14. The number of para-hydroxylation sites is 1. The molecule has 0 saturated heterocycles. The summed E-state index contributed by atoms with van der Waals surface area (Å²) in [6.45, 7) is 2.20. The Morgan fingerprint density at radius 2 is 1.78 bits per heavy atom. The van der Waals surface area contributed by atoms with Crippen LogP contribution in [0.25, 0.3) is 0 Å². The maximum absolute atomic E-state index is 10.00. The molecule has 1 N–H and O–H groups in total. The summed E-state index contributed by atoms with van der Waals surface area (Å²) < 4.78 is 5.60. The smallest absolute Gasteiger partial charge is 0.122 e. The number of hydrogen-bond acceptors (Lipinski definition) is 2. The summed E-state index contributed by atoms with van der Waals surface area (Å²) >= 11 is 5.80. The average molecular weight is 263 g/mol. The standard InChI is InChI=1S/C15H15ClO2/c1-11-4-2-3-5-15(11)18-10-14(17)12-6-8-13(16)9-7-12/h2-9,14,17H,10H2,1H3. The summed E-state index contributed by atoms with van der Waals surface area (Å²) in [6.07, 6.45) is -0.651. The topological polar surface area (TPSA) is 29.5 Å². The van der Waals surface area contributed by atoms with Crippen LogP contribution in [0, 0.1) is 6.92 Å². The van der Waals surface area contributed by atoms with E-state index in [4.69, 9.17) is 16.3 Å². The molecule has 0 radical (unpaired) electrons. The predicted molar refractivity (Wildman–Crippen MR) is 73.1 cm³/mol. The van der Waals surface area contributed by atoms with Crippen LogP contribution in [0.4, 0.5) is 0 Å². The molecule has 0 aliphatic rings. The van der Waals surface area contributed by atoms with Crippen molar-refractivity contribution in [2.75, 3.05) is 6.61 Å². The van der Waals surface area contributed by atoms with Gasteiger partial charge in [0.2, 0.25) is 0 Å². The molecule has 94 valence electrons. The van der Waals surface area contributed by atoms with Crippen molar-refractivity contribution in [3.05, 3.63) is 64.7 Å². The van der Waals surface area contributed by atoms with Gasteiger partial charge in [0.15, 0.2) is 0 Å². The minimum Gasteiger partial charge on any atom is -0.490 e. The summed E-state index contributed by atoms with van der Waals surface area (Å²) in [6, 6.07) is 14.9. The Bertz CT molecular complexity index is 508. The first-order valence-electron chi connectivity index (χ1n) is 5.79. The van der Waals surface area contributed by atoms with Crippen molar-refractivity contribution in [3.63, 3.8) is 0 Å². The van der Waals surface area contributed by atoms with Gasteiger partial charge in [-0.3, -0.25) is 0 Å². The van der Waals surface area contributed by atoms with Crippen LogP contribution >= 0.6 is 11.6 Å². The molecule has 0 aliphatic heterocycles. The molecular formula is C15H15ClO2. The summed E-state index contributed by atoms with van der Waals surface area (Å²) in [7, 11) is 0. The third-order valence-corrected chi connectivity index (χ3v) is 3.00. The van der Waals surface area contributed by atoms with Crippen LogP contribution in [0.5, 0.6) is 5.75 Å². The lowest BCUT2D eigenvalue weighted by atomic mass is 10.1. The molecule has 18 heavy (non-hydrogen) atoms. The molecule has 2 aromatic carbocycles. The first-order valence-corrected chi connectivity index (χ1v) is 6.16. The van der Waals surface area contributed by atoms with Gasteiger partial charge in [-0.2, -0.15) is 0 Å². The maximum Gasteiger partial charge on any atom is 0.122 e. The van der Waals surface area contributed by atoms with Crippen LogP contribution < -0.4 is 4.74 Å². The monoisotopic (exact) mass is 262 g/mol. The molecule has 0 saturated carbocycles. The number of rotatable bonds is 4. The van der Waals surface area contributed by atoms with E-state index in [1.165, 1.54) is 0 Å². The fraction of sp³-hybridized carbons (Fsp3) is 0.200. The van der Waals surface area contributed by atoms with E-state index in [2.05, 4.69) is 0 Å². The molecule has 0 amide bonds. The van der Waals surface area contributed by atoms with E-state index >= 15 is 0 Å². The molecule has 0 fully saturated rings. The van der Waals surface area contributed by atoms with Gasteiger partial charge in [-0.25, -0.2) is 0 Å². The van der Waals surface area contributed by atoms with E-state index in [0.29, 0.717) is 5.02 Å². The van der Waals surface area contributed by atoms with Crippen molar-refractivity contribution in [2.45, 2.75) is 13.0 Å². The lowest BCUT2D eigenvalue weighted by Gasteiger charge is -2.14. The van der Waals surface area contributed by atoms with Crippen molar-refractivity contribution in [1.29, 1.82) is 0 Å². The number of aliphatic hydroxyl groups is 1. The van der Waals surface area contributed by atoms with Gasteiger partial charge in [0.25, 0.3) is 0 Å². The zero-order valence-electron chi connectivity index (χ0n) is 10.1. The van der Waals surface area contributed by atoms with E-state index in [1.54, 1.807) is 24.3 Å². The maximum atomic E-state index is 10.00. The van der Waals surface area contributed by atoms with Gasteiger partial charge in [-0.1, -0.05) is 41.9 Å². The molecule has 2 aromatic rings. The van der Waals surface area contributed by atoms with Crippen LogP contribution in [-0.4, -0.2) is 11.7 Å². The van der Waals surface area contributed by atoms with Crippen LogP contribution in [0.3, 0.4) is 0 Å². The Balaban J connectivity index is 1.98. The molecule has 0 heterocycles. The largest absolute Gasteiger partial charge is 0.490 e. The Morgan fingerprint density at radius 1 is 1.11 bits per heavy atom. The number of ether oxygens (including phenoxy) is 1. The van der Waals surface area contributed by atoms with Crippen molar-refractivity contribution < 1.29 is 9.84 Å². The van der Waals surface area contributed by atoms with E-state index in [9.17, 15) is 5.11 Å². The summed E-state index contributed by atoms with van der Waals surface area (Å²) in [4.78, 5) is 0. The van der Waals surface area contributed by atoms with Crippen LogP contribution in [0.1, 0.15) is 17.2 Å². The molecule has 1 unspecified atom stereocenters. The van der Waals surface area contributed by atoms with Crippen LogP contribution in [0.2, 0.25) is 5.02 Å². The SMILES string of the molecule is Cc1ccccc1OCC(O)c1ccc(Cl)cc1. The lowest BCUT2D eigenvalue weighted by molar-refractivity contribution is 0.108. The fourth-order valence-corrected chi connectivity index (χ4v) is 1.79. The Morgan fingerprint density at radius 3 is 2.44 bits per heavy atom. The molecule has 1 atom stereocenters. The summed E-state index contributed by atoms with van der Waals surface area (Å²) in [5.74, 6) is 0.797. The zero-order valence-corrected chi connectivity index (χ0v) is 10.9. The highest BCUT2D eigenvalue weighted by Crippen LogP contribution is 2.20. The Kier molecular flexibility index (Phi) is 4.24. The molecule has 0 bridgehead atoms. The van der Waals surface area contributed by atoms with Crippen LogP contribution in [0.15, 0.2) is 48.5 Å². The number of hydrogen-bond donors (Lipinski definition) is 1. The molecule has 3 heteroatoms. The molecule has 2 rings (SSSR count). The normalized spacial score (nSPS) is 12.2. The van der Waals surface area contributed by atoms with Crippen molar-refractivity contribution in [2.24, 2.45) is 0 Å². The van der Waals surface area contributed by atoms with Gasteiger partial charge >= 0.3 is 0 Å². The molecule has 2 nitrogen and oxygen atoms in total. The minimum atomic E-state index is -0.651. The number of aryl methyl sites for hydroxylation is 1. The number of benzene rings is 2. The van der Waals surface area contributed by atoms with E-state index in [0.717, 1.165) is 16.9 Å². The fourth-order valence-electron chi connectivity index (χ4n) is 1.67. The third kappa shape index (κ3) is 3.25. The van der Waals surface area contributed by atoms with Crippen molar-refractivity contribution >= 4 is 11.6 Å². The summed E-state index contributed by atoms with van der Waals surface area (Å²) in [5, 5.41) is 10.7. The van der Waals surface area contributed by atoms with Crippen LogP contribution in [-0.2, 0) is 0 Å². The van der Waals surface area contributed by atoms with Crippen molar-refractivity contribution in [3.8, 4) is 5.75 Å². The van der Waals surface area contributed by atoms with Gasteiger partial charge in [0.05, 0.1) is 0 Å². The highest BCUT2D eigenvalue weighted by Gasteiger charge is 2.09. The first-order chi connectivity index (χ1) is 8.66. The van der Waals surface area contributed by atoms with Gasteiger partial charge in [0.1, 0.15) is 18.5 Å². The van der Waals surface area contributed by atoms with E-state index in [1.807, 2.05) is 31.2 Å². The minimum absolute atomic E-state index is 0.229. The number of aliphatic hydroxyl groups excluding tert-OH is 1. The van der Waals surface area contributed by atoms with Gasteiger partial charge in [0, 0.05) is 5.02 Å². The van der Waals surface area contributed by atoms with Gasteiger partial charge in [-0.15, -0.1) is 0 Å². The molecule has 0 spiro atoms. The third-order valence-electron chi connectivity index (χ3n) is 2.75. The molecule has 0 aliphatic carbocycles. The second kappa shape index (κ2) is 5.89. The second-order valence-corrected chi connectivity index (χ2v) is 4.58. The van der Waals surface area contributed by atoms with E-state index in [-0.39, 0.29) is 6.61 Å². The van der Waals surface area contributed by atoms with Gasteiger partial charge < -0.3 is 9.84 Å². The highest BCUT2D eigenvalue weighted by molar-refractivity contribution is 6.30.